The zero-order valence-corrected chi connectivity index (χ0v) is 18.3. The van der Waals surface area contributed by atoms with Crippen LogP contribution in [-0.4, -0.2) is 61.1 Å². The molecule has 3 aromatic rings. The van der Waals surface area contributed by atoms with Crippen molar-refractivity contribution in [2.45, 2.75) is 12.5 Å². The van der Waals surface area contributed by atoms with Gasteiger partial charge in [0.15, 0.2) is 5.69 Å². The van der Waals surface area contributed by atoms with E-state index in [4.69, 9.17) is 17.3 Å². The van der Waals surface area contributed by atoms with E-state index in [0.29, 0.717) is 24.5 Å². The highest BCUT2D eigenvalue weighted by molar-refractivity contribution is 5.97. The van der Waals surface area contributed by atoms with Crippen LogP contribution in [-0.2, 0) is 11.8 Å². The molecule has 170 valence electrons. The second kappa shape index (κ2) is 11.2. The lowest BCUT2D eigenvalue weighted by Crippen LogP contribution is -2.24. The Bertz CT molecular complexity index is 1170. The van der Waals surface area contributed by atoms with Crippen LogP contribution >= 0.6 is 0 Å². The zero-order valence-electron chi connectivity index (χ0n) is 18.3. The fourth-order valence-corrected chi connectivity index (χ4v) is 2.96. The third-order valence-corrected chi connectivity index (χ3v) is 4.71. The number of aryl methyl sites for hydroxylation is 1. The lowest BCUT2D eigenvalue weighted by Gasteiger charge is -2.04. The maximum atomic E-state index is 11.7. The number of primary amides is 1. The second-order valence-corrected chi connectivity index (χ2v) is 6.92. The van der Waals surface area contributed by atoms with E-state index >= 15 is 0 Å². The number of carbonyl (C=O) groups is 2. The number of aliphatic hydroxyl groups excluding tert-OH is 1. The number of likely N-dealkylation sites (N-methyl/N-ethyl adjacent to an activating group) is 1. The quantitative estimate of drug-likeness (QED) is 0.509. The molecule has 0 radical (unpaired) electrons. The summed E-state index contributed by atoms with van der Waals surface area (Å²) in [4.78, 5) is 23.8. The van der Waals surface area contributed by atoms with Crippen LogP contribution in [0, 0.1) is 25.2 Å². The molecule has 33 heavy (non-hydrogen) atoms. The van der Waals surface area contributed by atoms with Crippen LogP contribution in [0.3, 0.4) is 0 Å². The summed E-state index contributed by atoms with van der Waals surface area (Å²) in [7, 11) is 3.48. The Morgan fingerprint density at radius 3 is 2.52 bits per heavy atom. The molecule has 0 aliphatic carbocycles. The molecule has 1 aliphatic rings. The summed E-state index contributed by atoms with van der Waals surface area (Å²) in [6.07, 6.45) is 16.6. The van der Waals surface area contributed by atoms with Gasteiger partial charge in [-0.25, -0.2) is 4.68 Å². The number of nitrogens with two attached hydrogens (primary N) is 1. The average Bonchev–Trinajstić information content (AvgIpc) is 3.52. The van der Waals surface area contributed by atoms with Crippen LogP contribution in [0.5, 0.6) is 0 Å². The van der Waals surface area contributed by atoms with Crippen molar-refractivity contribution in [3.8, 4) is 30.9 Å². The van der Waals surface area contributed by atoms with E-state index in [1.807, 2.05) is 18.2 Å². The third kappa shape index (κ3) is 6.00. The van der Waals surface area contributed by atoms with Crippen molar-refractivity contribution in [3.63, 3.8) is 0 Å². The molecule has 1 fully saturated rings. The van der Waals surface area contributed by atoms with Gasteiger partial charge in [-0.1, -0.05) is 12.0 Å². The number of carbonyl (C=O) groups excluding carboxylic acids is 2. The molecular weight excluding hydrogens is 422 g/mol. The number of hydrogen-bond acceptors (Lipinski definition) is 6. The van der Waals surface area contributed by atoms with E-state index < -0.39 is 12.0 Å². The van der Waals surface area contributed by atoms with Gasteiger partial charge in [-0.3, -0.25) is 14.3 Å². The van der Waals surface area contributed by atoms with Gasteiger partial charge in [0.2, 0.25) is 0 Å². The lowest BCUT2D eigenvalue weighted by atomic mass is 10.2. The molecular formula is C23H25N7O3. The Morgan fingerprint density at radius 1 is 1.30 bits per heavy atom. The number of amides is 2. The average molecular weight is 447 g/mol. The maximum Gasteiger partial charge on any atom is 0.271 e. The Kier molecular flexibility index (Phi) is 8.38. The highest BCUT2D eigenvalue weighted by atomic mass is 16.3. The lowest BCUT2D eigenvalue weighted by molar-refractivity contribution is -0.133. The van der Waals surface area contributed by atoms with E-state index in [1.165, 1.54) is 4.90 Å². The molecule has 2 aromatic heterocycles. The Morgan fingerprint density at radius 2 is 2.03 bits per heavy atom. The third-order valence-electron chi connectivity index (χ3n) is 4.71. The fourth-order valence-electron chi connectivity index (χ4n) is 2.96. The van der Waals surface area contributed by atoms with Gasteiger partial charge in [-0.2, -0.15) is 10.2 Å². The number of rotatable bonds is 4. The van der Waals surface area contributed by atoms with Crippen LogP contribution in [0.15, 0.2) is 42.7 Å². The molecule has 1 saturated heterocycles. The summed E-state index contributed by atoms with van der Waals surface area (Å²) >= 11 is 0. The molecule has 1 atom stereocenters. The van der Waals surface area contributed by atoms with Gasteiger partial charge in [0.05, 0.1) is 23.8 Å². The number of aromatic nitrogens is 4. The fraction of sp³-hybridized carbons (Fsp3) is 0.217. The predicted molar refractivity (Wildman–Crippen MR) is 125 cm³/mol. The summed E-state index contributed by atoms with van der Waals surface area (Å²) < 4.78 is 3.20. The molecule has 4 N–H and O–H groups in total. The number of anilines is 2. The number of terminal acetylenes is 2. The minimum Gasteiger partial charge on any atom is -0.383 e. The Hall–Kier alpha value is -4.54. The predicted octanol–water partition coefficient (Wildman–Crippen LogP) is 0.888. The summed E-state index contributed by atoms with van der Waals surface area (Å²) in [5.74, 6) is 2.51. The maximum absolute atomic E-state index is 11.7. The van der Waals surface area contributed by atoms with Crippen LogP contribution in [0.25, 0.3) is 5.69 Å². The number of nitrogens with one attached hydrogen (secondary N) is 1. The van der Waals surface area contributed by atoms with Crippen LogP contribution in [0.1, 0.15) is 22.5 Å². The smallest absolute Gasteiger partial charge is 0.271 e. The van der Waals surface area contributed by atoms with Crippen molar-refractivity contribution in [2.75, 3.05) is 18.9 Å². The molecule has 0 spiro atoms. The van der Waals surface area contributed by atoms with Crippen molar-refractivity contribution in [1.82, 2.24) is 24.5 Å². The molecule has 2 amide bonds. The van der Waals surface area contributed by atoms with E-state index in [9.17, 15) is 9.59 Å². The van der Waals surface area contributed by atoms with Crippen molar-refractivity contribution >= 4 is 23.3 Å². The number of nitrogens with zero attached hydrogens (tertiary/aromatic N) is 5. The van der Waals surface area contributed by atoms with Gasteiger partial charge in [-0.15, -0.1) is 19.3 Å². The van der Waals surface area contributed by atoms with Crippen LogP contribution in [0.2, 0.25) is 0 Å². The molecule has 10 nitrogen and oxygen atoms in total. The van der Waals surface area contributed by atoms with Crippen molar-refractivity contribution in [2.24, 2.45) is 12.8 Å². The summed E-state index contributed by atoms with van der Waals surface area (Å²) in [5.41, 5.74) is 7.51. The minimum absolute atomic E-state index is 0.136. The first kappa shape index (κ1) is 24.7. The van der Waals surface area contributed by atoms with Crippen molar-refractivity contribution in [1.29, 1.82) is 0 Å². The SMILES string of the molecule is C#C.C#Cc1cccc(-n2cc(Nc3ccnn3C)c(C(N)=O)n2)c1.CN1CC[C@H](O)C1=O. The molecule has 3 heterocycles. The Labute approximate surface area is 192 Å². The molecule has 0 unspecified atom stereocenters. The number of aliphatic hydroxyl groups is 1. The van der Waals surface area contributed by atoms with Gasteiger partial charge in [-0.05, 0) is 24.6 Å². The van der Waals surface area contributed by atoms with Gasteiger partial charge in [0.1, 0.15) is 11.9 Å². The van der Waals surface area contributed by atoms with Crippen molar-refractivity contribution in [3.05, 3.63) is 54.0 Å². The summed E-state index contributed by atoms with van der Waals surface area (Å²) in [6, 6.07) is 9.06. The highest BCUT2D eigenvalue weighted by Gasteiger charge is 2.26. The first-order valence-corrected chi connectivity index (χ1v) is 9.78. The molecule has 0 bridgehead atoms. The highest BCUT2D eigenvalue weighted by Crippen LogP contribution is 2.21. The normalized spacial score (nSPS) is 14.4. The molecule has 1 aliphatic heterocycles. The number of likely N-dealkylation sites (tertiary alicyclic amines) is 1. The second-order valence-electron chi connectivity index (χ2n) is 6.92. The first-order valence-electron chi connectivity index (χ1n) is 9.78. The summed E-state index contributed by atoms with van der Waals surface area (Å²) in [6.45, 7) is 0.694. The number of benzene rings is 1. The zero-order chi connectivity index (χ0) is 24.5. The van der Waals surface area contributed by atoms with Gasteiger partial charge in [0.25, 0.3) is 11.8 Å². The topological polar surface area (TPSA) is 131 Å². The van der Waals surface area contributed by atoms with Gasteiger partial charge >= 0.3 is 0 Å². The van der Waals surface area contributed by atoms with Gasteiger partial charge < -0.3 is 21.1 Å². The molecule has 0 saturated carbocycles. The van der Waals surface area contributed by atoms with E-state index in [2.05, 4.69) is 34.3 Å². The Balaban J connectivity index is 0.000000323. The van der Waals surface area contributed by atoms with Gasteiger partial charge in [0, 0.05) is 32.3 Å². The van der Waals surface area contributed by atoms with E-state index in [0.717, 1.165) is 11.3 Å². The van der Waals surface area contributed by atoms with E-state index in [-0.39, 0.29) is 11.6 Å². The van der Waals surface area contributed by atoms with E-state index in [1.54, 1.807) is 48.0 Å². The van der Waals surface area contributed by atoms with Crippen LogP contribution in [0.4, 0.5) is 11.5 Å². The summed E-state index contributed by atoms with van der Waals surface area (Å²) in [5, 5.41) is 20.2. The molecule has 10 heteroatoms. The molecule has 4 rings (SSSR count). The van der Waals surface area contributed by atoms with Crippen molar-refractivity contribution < 1.29 is 14.7 Å². The number of hydrogen-bond donors (Lipinski definition) is 3. The standard InChI is InChI=1S/C16H14N6O.C5H9NO2.C2H2/c1-3-11-5-4-6-12(9-11)22-10-13(15(20-22)16(17)23)19-14-7-8-18-21(14)2;1-6-3-2-4(7)5(6)8;1-2/h1,4-10,19H,2H3,(H2,17,23);4,7H,2-3H2,1H3;1-2H/t;4-;/m.0./s1. The van der Waals surface area contributed by atoms with Crippen LogP contribution < -0.4 is 11.1 Å². The monoisotopic (exact) mass is 447 g/mol. The molecule has 1 aromatic carbocycles. The first-order chi connectivity index (χ1) is 15.8. The largest absolute Gasteiger partial charge is 0.383 e. The minimum atomic E-state index is -0.722.